The SMILES string of the molecule is CC(C)(C)c1ccc2c(c1)CC(CNC(=O)c1ccc(F)cc1)O2. The summed E-state index contributed by atoms with van der Waals surface area (Å²) in [6.07, 6.45) is 0.711. The van der Waals surface area contributed by atoms with E-state index in [1.807, 2.05) is 6.07 Å². The highest BCUT2D eigenvalue weighted by Gasteiger charge is 2.25. The van der Waals surface area contributed by atoms with E-state index in [1.54, 1.807) is 0 Å². The maximum atomic E-state index is 12.9. The molecule has 0 saturated carbocycles. The van der Waals surface area contributed by atoms with Crippen molar-refractivity contribution < 1.29 is 13.9 Å². The number of halogens is 1. The molecule has 1 amide bonds. The molecule has 126 valence electrons. The summed E-state index contributed by atoms with van der Waals surface area (Å²) in [5, 5.41) is 2.85. The van der Waals surface area contributed by atoms with Crippen molar-refractivity contribution in [3.05, 3.63) is 65.0 Å². The predicted octanol–water partition coefficient (Wildman–Crippen LogP) is 3.86. The van der Waals surface area contributed by atoms with Gasteiger partial charge in [-0.25, -0.2) is 4.39 Å². The highest BCUT2D eigenvalue weighted by molar-refractivity contribution is 5.94. The Bertz CT molecular complexity index is 747. The predicted molar refractivity (Wildman–Crippen MR) is 92.0 cm³/mol. The number of nitrogens with one attached hydrogen (secondary N) is 1. The van der Waals surface area contributed by atoms with Gasteiger partial charge in [-0.3, -0.25) is 4.79 Å². The summed E-state index contributed by atoms with van der Waals surface area (Å²) < 4.78 is 18.8. The lowest BCUT2D eigenvalue weighted by Crippen LogP contribution is -2.34. The second-order valence-corrected chi connectivity index (χ2v) is 7.23. The van der Waals surface area contributed by atoms with Crippen LogP contribution in [0.2, 0.25) is 0 Å². The van der Waals surface area contributed by atoms with Crippen LogP contribution >= 0.6 is 0 Å². The number of hydrogen-bond donors (Lipinski definition) is 1. The third-order valence-electron chi connectivity index (χ3n) is 4.26. The third kappa shape index (κ3) is 3.58. The minimum Gasteiger partial charge on any atom is -0.488 e. The van der Waals surface area contributed by atoms with Crippen LogP contribution < -0.4 is 10.1 Å². The molecule has 1 N–H and O–H groups in total. The minimum absolute atomic E-state index is 0.0698. The van der Waals surface area contributed by atoms with E-state index in [1.165, 1.54) is 35.4 Å². The first-order valence-electron chi connectivity index (χ1n) is 8.17. The molecule has 0 fully saturated rings. The van der Waals surface area contributed by atoms with Gasteiger partial charge in [-0.2, -0.15) is 0 Å². The summed E-state index contributed by atoms with van der Waals surface area (Å²) in [5.74, 6) is 0.324. The van der Waals surface area contributed by atoms with Crippen LogP contribution in [0.1, 0.15) is 42.3 Å². The Labute approximate surface area is 141 Å². The quantitative estimate of drug-likeness (QED) is 0.930. The highest BCUT2D eigenvalue weighted by atomic mass is 19.1. The maximum absolute atomic E-state index is 12.9. The van der Waals surface area contributed by atoms with Gasteiger partial charge < -0.3 is 10.1 Å². The Morgan fingerprint density at radius 2 is 1.92 bits per heavy atom. The summed E-state index contributed by atoms with van der Waals surface area (Å²) in [7, 11) is 0. The largest absolute Gasteiger partial charge is 0.488 e. The average Bonchev–Trinajstić information content (AvgIpc) is 2.94. The summed E-state index contributed by atoms with van der Waals surface area (Å²) in [4.78, 5) is 12.1. The van der Waals surface area contributed by atoms with Crippen LogP contribution in [0.5, 0.6) is 5.75 Å². The van der Waals surface area contributed by atoms with E-state index in [-0.39, 0.29) is 23.2 Å². The number of amides is 1. The van der Waals surface area contributed by atoms with Crippen molar-refractivity contribution in [1.29, 1.82) is 0 Å². The number of benzene rings is 2. The van der Waals surface area contributed by atoms with Crippen molar-refractivity contribution in [2.45, 2.75) is 38.7 Å². The van der Waals surface area contributed by atoms with Crippen molar-refractivity contribution in [1.82, 2.24) is 5.32 Å². The molecule has 1 aliphatic heterocycles. The summed E-state index contributed by atoms with van der Waals surface area (Å²) in [6.45, 7) is 6.98. The van der Waals surface area contributed by atoms with Crippen molar-refractivity contribution in [2.24, 2.45) is 0 Å². The number of rotatable bonds is 3. The molecule has 0 bridgehead atoms. The first-order chi connectivity index (χ1) is 11.3. The van der Waals surface area contributed by atoms with Gasteiger partial charge in [0.05, 0.1) is 6.54 Å². The molecule has 1 aliphatic rings. The van der Waals surface area contributed by atoms with Gasteiger partial charge in [-0.1, -0.05) is 32.9 Å². The molecular weight excluding hydrogens is 305 g/mol. The van der Waals surface area contributed by atoms with Gasteiger partial charge in [0.1, 0.15) is 17.7 Å². The number of hydrogen-bond acceptors (Lipinski definition) is 2. The minimum atomic E-state index is -0.351. The molecule has 0 aromatic heterocycles. The molecule has 24 heavy (non-hydrogen) atoms. The first-order valence-corrected chi connectivity index (χ1v) is 8.17. The second-order valence-electron chi connectivity index (χ2n) is 7.23. The van der Waals surface area contributed by atoms with Crippen LogP contribution in [0.15, 0.2) is 42.5 Å². The summed E-state index contributed by atoms with van der Waals surface area (Å²) in [6, 6.07) is 11.8. The Hall–Kier alpha value is -2.36. The standard InChI is InChI=1S/C20H22FNO2/c1-20(2,3)15-6-9-18-14(10-15)11-17(24-18)12-22-19(23)13-4-7-16(21)8-5-13/h4-10,17H,11-12H2,1-3H3,(H,22,23). The van der Waals surface area contributed by atoms with E-state index in [0.717, 1.165) is 12.2 Å². The summed E-state index contributed by atoms with van der Waals surface area (Å²) in [5.41, 5.74) is 3.01. The van der Waals surface area contributed by atoms with E-state index in [4.69, 9.17) is 4.74 Å². The van der Waals surface area contributed by atoms with E-state index >= 15 is 0 Å². The normalized spacial score (nSPS) is 16.4. The van der Waals surface area contributed by atoms with Gasteiger partial charge in [-0.15, -0.1) is 0 Å². The zero-order chi connectivity index (χ0) is 17.3. The van der Waals surface area contributed by atoms with Crippen molar-refractivity contribution in [3.63, 3.8) is 0 Å². The average molecular weight is 327 g/mol. The van der Waals surface area contributed by atoms with Gasteiger partial charge >= 0.3 is 0 Å². The maximum Gasteiger partial charge on any atom is 0.251 e. The molecule has 0 aliphatic carbocycles. The smallest absolute Gasteiger partial charge is 0.251 e. The van der Waals surface area contributed by atoms with Crippen molar-refractivity contribution >= 4 is 5.91 Å². The molecule has 3 nitrogen and oxygen atoms in total. The Morgan fingerprint density at radius 3 is 2.58 bits per heavy atom. The molecule has 1 heterocycles. The van der Waals surface area contributed by atoms with Crippen LogP contribution in [0.4, 0.5) is 4.39 Å². The monoisotopic (exact) mass is 327 g/mol. The van der Waals surface area contributed by atoms with Crippen LogP contribution in [-0.4, -0.2) is 18.6 Å². The Kier molecular flexibility index (Phi) is 4.31. The van der Waals surface area contributed by atoms with E-state index in [9.17, 15) is 9.18 Å². The fourth-order valence-electron chi connectivity index (χ4n) is 2.81. The topological polar surface area (TPSA) is 38.3 Å². The molecule has 1 unspecified atom stereocenters. The molecule has 2 aromatic carbocycles. The molecule has 2 aromatic rings. The zero-order valence-electron chi connectivity index (χ0n) is 14.2. The third-order valence-corrected chi connectivity index (χ3v) is 4.26. The molecule has 1 atom stereocenters. The molecule has 0 spiro atoms. The fraction of sp³-hybridized carbons (Fsp3) is 0.350. The lowest BCUT2D eigenvalue weighted by Gasteiger charge is -2.19. The lowest BCUT2D eigenvalue weighted by molar-refractivity contribution is 0.0933. The number of carbonyl (C=O) groups is 1. The van der Waals surface area contributed by atoms with Gasteiger partial charge in [0, 0.05) is 12.0 Å². The number of ether oxygens (including phenoxy) is 1. The zero-order valence-corrected chi connectivity index (χ0v) is 14.2. The second kappa shape index (κ2) is 6.27. The highest BCUT2D eigenvalue weighted by Crippen LogP contribution is 2.33. The van der Waals surface area contributed by atoms with E-state index in [0.29, 0.717) is 12.1 Å². The van der Waals surface area contributed by atoms with Crippen LogP contribution in [0.25, 0.3) is 0 Å². The lowest BCUT2D eigenvalue weighted by atomic mass is 9.86. The molecule has 0 saturated heterocycles. The van der Waals surface area contributed by atoms with E-state index < -0.39 is 0 Å². The number of fused-ring (bicyclic) bond motifs is 1. The molecular formula is C20H22FNO2. The van der Waals surface area contributed by atoms with Crippen LogP contribution in [0.3, 0.4) is 0 Å². The van der Waals surface area contributed by atoms with Crippen LogP contribution in [0, 0.1) is 5.82 Å². The van der Waals surface area contributed by atoms with E-state index in [2.05, 4.69) is 38.2 Å². The van der Waals surface area contributed by atoms with Gasteiger partial charge in [0.2, 0.25) is 0 Å². The molecule has 3 rings (SSSR count). The number of carbonyl (C=O) groups excluding carboxylic acids is 1. The molecule has 4 heteroatoms. The molecule has 0 radical (unpaired) electrons. The van der Waals surface area contributed by atoms with Gasteiger partial charge in [0.15, 0.2) is 0 Å². The van der Waals surface area contributed by atoms with Gasteiger partial charge in [-0.05, 0) is 46.9 Å². The Balaban J connectivity index is 1.60. The fourth-order valence-corrected chi connectivity index (χ4v) is 2.81. The summed E-state index contributed by atoms with van der Waals surface area (Å²) >= 11 is 0. The van der Waals surface area contributed by atoms with Crippen LogP contribution in [-0.2, 0) is 11.8 Å². The first kappa shape index (κ1) is 16.5. The van der Waals surface area contributed by atoms with Crippen molar-refractivity contribution in [3.8, 4) is 5.75 Å². The Morgan fingerprint density at radius 1 is 1.21 bits per heavy atom. The van der Waals surface area contributed by atoms with Crippen molar-refractivity contribution in [2.75, 3.05) is 6.54 Å². The van der Waals surface area contributed by atoms with Gasteiger partial charge in [0.25, 0.3) is 5.91 Å².